The Hall–Kier alpha value is -2.21. The van der Waals surface area contributed by atoms with E-state index in [0.717, 1.165) is 16.0 Å². The van der Waals surface area contributed by atoms with Gasteiger partial charge in [-0.05, 0) is 19.4 Å². The fourth-order valence-corrected chi connectivity index (χ4v) is 3.74. The van der Waals surface area contributed by atoms with Crippen LogP contribution in [0.3, 0.4) is 0 Å². The van der Waals surface area contributed by atoms with Crippen LogP contribution in [0.25, 0.3) is 0 Å². The number of carbonyl (C=O) groups is 3. The lowest BCUT2D eigenvalue weighted by Crippen LogP contribution is -2.53. The number of benzene rings is 1. The molecule has 2 fully saturated rings. The molecule has 0 bridgehead atoms. The van der Waals surface area contributed by atoms with Gasteiger partial charge in [-0.15, -0.1) is 0 Å². The lowest BCUT2D eigenvalue weighted by atomic mass is 9.80. The van der Waals surface area contributed by atoms with Crippen LogP contribution in [0, 0.1) is 18.8 Å². The number of hydrogen-bond acceptors (Lipinski definition) is 5. The minimum atomic E-state index is -1.22. The van der Waals surface area contributed by atoms with E-state index >= 15 is 0 Å². The van der Waals surface area contributed by atoms with Gasteiger partial charge in [-0.3, -0.25) is 24.6 Å². The first-order valence-electron chi connectivity index (χ1n) is 7.55. The molecule has 1 N–H and O–H groups in total. The molecule has 2 saturated heterocycles. The zero-order valence-electron chi connectivity index (χ0n) is 13.6. The lowest BCUT2D eigenvalue weighted by molar-refractivity contribution is -0.152. The highest BCUT2D eigenvalue weighted by atomic mass is 16.5. The van der Waals surface area contributed by atoms with E-state index in [1.165, 1.54) is 14.2 Å². The molecule has 6 heteroatoms. The fourth-order valence-electron chi connectivity index (χ4n) is 3.74. The predicted octanol–water partition coefficient (Wildman–Crippen LogP) is 0.802. The molecule has 122 valence electrons. The maximum Gasteiger partial charge on any atom is 0.326 e. The van der Waals surface area contributed by atoms with Crippen molar-refractivity contribution in [3.63, 3.8) is 0 Å². The summed E-state index contributed by atoms with van der Waals surface area (Å²) >= 11 is 0. The van der Waals surface area contributed by atoms with Crippen LogP contribution >= 0.6 is 0 Å². The first kappa shape index (κ1) is 15.7. The fraction of sp³-hybridized carbons (Fsp3) is 0.471. The first-order valence-corrected chi connectivity index (χ1v) is 7.55. The highest BCUT2D eigenvalue weighted by Crippen LogP contribution is 2.48. The van der Waals surface area contributed by atoms with E-state index in [-0.39, 0.29) is 11.8 Å². The molecule has 2 aliphatic heterocycles. The Morgan fingerprint density at radius 2 is 1.83 bits per heavy atom. The number of imide groups is 1. The number of likely N-dealkylation sites (tertiary alicyclic amines) is 1. The van der Waals surface area contributed by atoms with Crippen molar-refractivity contribution in [2.24, 2.45) is 11.8 Å². The third kappa shape index (κ3) is 2.09. The van der Waals surface area contributed by atoms with Gasteiger partial charge in [0, 0.05) is 13.1 Å². The van der Waals surface area contributed by atoms with Crippen LogP contribution in [-0.2, 0) is 19.1 Å². The van der Waals surface area contributed by atoms with Crippen molar-refractivity contribution in [2.75, 3.05) is 14.2 Å². The number of esters is 1. The van der Waals surface area contributed by atoms with E-state index in [0.29, 0.717) is 0 Å². The smallest absolute Gasteiger partial charge is 0.326 e. The van der Waals surface area contributed by atoms with Crippen molar-refractivity contribution in [2.45, 2.75) is 25.4 Å². The minimum Gasteiger partial charge on any atom is -0.468 e. The van der Waals surface area contributed by atoms with Gasteiger partial charge < -0.3 is 4.74 Å². The zero-order chi connectivity index (χ0) is 16.9. The third-order valence-corrected chi connectivity index (χ3v) is 5.05. The molecule has 6 nitrogen and oxygen atoms in total. The number of amides is 2. The Labute approximate surface area is 134 Å². The molecule has 0 spiro atoms. The van der Waals surface area contributed by atoms with Crippen molar-refractivity contribution in [3.8, 4) is 0 Å². The summed E-state index contributed by atoms with van der Waals surface area (Å²) in [5, 5.41) is 3.19. The van der Waals surface area contributed by atoms with Crippen LogP contribution in [0.4, 0.5) is 0 Å². The molecule has 3 rings (SSSR count). The van der Waals surface area contributed by atoms with Crippen molar-refractivity contribution >= 4 is 17.8 Å². The number of nitrogens with one attached hydrogen (secondary N) is 1. The van der Waals surface area contributed by atoms with Gasteiger partial charge in [-0.2, -0.15) is 0 Å². The van der Waals surface area contributed by atoms with Gasteiger partial charge in [0.15, 0.2) is 0 Å². The largest absolute Gasteiger partial charge is 0.468 e. The number of hydrogen-bond donors (Lipinski definition) is 1. The number of methoxy groups -OCH3 is 1. The summed E-state index contributed by atoms with van der Waals surface area (Å²) in [4.78, 5) is 38.5. The molecule has 1 aromatic rings. The summed E-state index contributed by atoms with van der Waals surface area (Å²) < 4.78 is 4.88. The number of carbonyl (C=O) groups excluding carboxylic acids is 3. The monoisotopic (exact) mass is 316 g/mol. The van der Waals surface area contributed by atoms with Crippen LogP contribution in [0.1, 0.15) is 24.1 Å². The number of nitrogens with zero attached hydrogens (tertiary/aromatic N) is 1. The molecule has 0 radical (unpaired) electrons. The molecule has 2 aliphatic rings. The minimum absolute atomic E-state index is 0.259. The summed E-state index contributed by atoms with van der Waals surface area (Å²) in [5.74, 6) is -2.47. The van der Waals surface area contributed by atoms with E-state index in [2.05, 4.69) is 5.32 Å². The van der Waals surface area contributed by atoms with Crippen molar-refractivity contribution < 1.29 is 19.1 Å². The van der Waals surface area contributed by atoms with Crippen LogP contribution in [-0.4, -0.2) is 42.4 Å². The van der Waals surface area contributed by atoms with E-state index < -0.39 is 29.4 Å². The maximum atomic E-state index is 12.6. The molecule has 0 saturated carbocycles. The van der Waals surface area contributed by atoms with Crippen LogP contribution in [0.2, 0.25) is 0 Å². The lowest BCUT2D eigenvalue weighted by Gasteiger charge is -2.27. The quantitative estimate of drug-likeness (QED) is 0.645. The summed E-state index contributed by atoms with van der Waals surface area (Å²) in [6.45, 7) is 3.61. The van der Waals surface area contributed by atoms with Crippen molar-refractivity contribution in [3.05, 3.63) is 35.4 Å². The average Bonchev–Trinajstić information content (AvgIpc) is 2.97. The summed E-state index contributed by atoms with van der Waals surface area (Å²) in [6.07, 6.45) is 0. The molecule has 1 aromatic carbocycles. The normalized spacial score (nSPS) is 33.0. The van der Waals surface area contributed by atoms with Gasteiger partial charge in [0.1, 0.15) is 5.54 Å². The van der Waals surface area contributed by atoms with Gasteiger partial charge in [-0.25, -0.2) is 0 Å². The van der Waals surface area contributed by atoms with E-state index in [1.54, 1.807) is 6.92 Å². The topological polar surface area (TPSA) is 75.7 Å². The Kier molecular flexibility index (Phi) is 3.52. The SMILES string of the molecule is COC(=O)[C@]1(C)N[C@H](c2ccc(C)cc2)[C@@H]2C(=O)N(C)C(=O)[C@H]21. The second-order valence-corrected chi connectivity index (χ2v) is 6.47. The predicted molar refractivity (Wildman–Crippen MR) is 82.2 cm³/mol. The van der Waals surface area contributed by atoms with Gasteiger partial charge in [0.25, 0.3) is 0 Å². The molecule has 2 amide bonds. The summed E-state index contributed by atoms with van der Waals surface area (Å²) in [6, 6.07) is 7.34. The first-order chi connectivity index (χ1) is 10.8. The molecular weight excluding hydrogens is 296 g/mol. The van der Waals surface area contributed by atoms with Gasteiger partial charge in [0.2, 0.25) is 11.8 Å². The molecule has 0 aliphatic carbocycles. The maximum absolute atomic E-state index is 12.6. The average molecular weight is 316 g/mol. The van der Waals surface area contributed by atoms with Gasteiger partial charge in [0.05, 0.1) is 18.9 Å². The number of aryl methyl sites for hydroxylation is 1. The zero-order valence-corrected chi connectivity index (χ0v) is 13.6. The standard InChI is InChI=1S/C17H20N2O4/c1-9-5-7-10(8-6-9)13-11-12(15(21)19(3)14(11)20)17(2,18-13)16(22)23-4/h5-8,11-13,18H,1-4H3/t11-,12+,13-,17-/m1/s1. The second kappa shape index (κ2) is 5.16. The Morgan fingerprint density at radius 3 is 2.39 bits per heavy atom. The van der Waals surface area contributed by atoms with Gasteiger partial charge >= 0.3 is 5.97 Å². The number of fused-ring (bicyclic) bond motifs is 1. The Morgan fingerprint density at radius 1 is 1.22 bits per heavy atom. The highest BCUT2D eigenvalue weighted by molar-refractivity contribution is 6.09. The molecule has 0 unspecified atom stereocenters. The Bertz CT molecular complexity index is 684. The van der Waals surface area contributed by atoms with Crippen molar-refractivity contribution in [1.29, 1.82) is 0 Å². The molecule has 2 heterocycles. The summed E-state index contributed by atoms with van der Waals surface area (Å²) in [5.41, 5.74) is 0.770. The van der Waals surface area contributed by atoms with Crippen LogP contribution < -0.4 is 5.32 Å². The third-order valence-electron chi connectivity index (χ3n) is 5.05. The number of rotatable bonds is 2. The molecule has 4 atom stereocenters. The van der Waals surface area contributed by atoms with Gasteiger partial charge in [-0.1, -0.05) is 29.8 Å². The Balaban J connectivity index is 2.09. The van der Waals surface area contributed by atoms with E-state index in [4.69, 9.17) is 4.74 Å². The van der Waals surface area contributed by atoms with E-state index in [9.17, 15) is 14.4 Å². The molecule has 23 heavy (non-hydrogen) atoms. The number of ether oxygens (including phenoxy) is 1. The molecule has 0 aromatic heterocycles. The van der Waals surface area contributed by atoms with Crippen LogP contribution in [0.5, 0.6) is 0 Å². The van der Waals surface area contributed by atoms with Crippen LogP contribution in [0.15, 0.2) is 24.3 Å². The summed E-state index contributed by atoms with van der Waals surface area (Å²) in [7, 11) is 2.75. The second-order valence-electron chi connectivity index (χ2n) is 6.47. The van der Waals surface area contributed by atoms with E-state index in [1.807, 2.05) is 31.2 Å². The highest BCUT2D eigenvalue weighted by Gasteiger charge is 2.66. The van der Waals surface area contributed by atoms with Crippen molar-refractivity contribution in [1.82, 2.24) is 10.2 Å². The molecular formula is C17H20N2O4.